The molecule has 2 rings (SSSR count). The molecule has 1 atom stereocenters. The van der Waals surface area contributed by atoms with Gasteiger partial charge in [0.15, 0.2) is 0 Å². The van der Waals surface area contributed by atoms with Gasteiger partial charge in [0.05, 0.1) is 18.6 Å². The number of benzene rings is 1. The van der Waals surface area contributed by atoms with E-state index >= 15 is 0 Å². The number of amides is 1. The maximum atomic E-state index is 12.7. The second-order valence-corrected chi connectivity index (χ2v) is 6.11. The summed E-state index contributed by atoms with van der Waals surface area (Å²) in [5, 5.41) is 3.93. The van der Waals surface area contributed by atoms with Crippen molar-refractivity contribution in [1.82, 2.24) is 10.2 Å². The van der Waals surface area contributed by atoms with Crippen molar-refractivity contribution >= 4 is 17.5 Å². The van der Waals surface area contributed by atoms with Gasteiger partial charge in [-0.05, 0) is 37.2 Å². The Bertz CT molecular complexity index is 487. The fraction of sp³-hybridized carbons (Fsp3) is 0.562. The average Bonchev–Trinajstić information content (AvgIpc) is 2.98. The number of ether oxygens (including phenoxy) is 2. The minimum atomic E-state index is -0.441. The number of carbonyl (C=O) groups is 1. The van der Waals surface area contributed by atoms with Crippen LogP contribution in [0.25, 0.3) is 0 Å². The maximum absolute atomic E-state index is 12.7. The number of methoxy groups -OCH3 is 1. The van der Waals surface area contributed by atoms with Gasteiger partial charge in [0.1, 0.15) is 12.4 Å². The molecule has 1 aliphatic heterocycles. The fourth-order valence-electron chi connectivity index (χ4n) is 2.73. The van der Waals surface area contributed by atoms with Crippen LogP contribution in [0.1, 0.15) is 6.42 Å². The van der Waals surface area contributed by atoms with E-state index in [1.807, 2.05) is 19.2 Å². The molecule has 122 valence electrons. The van der Waals surface area contributed by atoms with Gasteiger partial charge in [0.25, 0.3) is 0 Å². The van der Waals surface area contributed by atoms with Crippen molar-refractivity contribution in [2.45, 2.75) is 6.42 Å². The summed E-state index contributed by atoms with van der Waals surface area (Å²) in [6.45, 7) is 2.95. The lowest BCUT2D eigenvalue weighted by atomic mass is 9.86. The molecule has 1 N–H and O–H groups in total. The lowest BCUT2D eigenvalue weighted by Crippen LogP contribution is -2.47. The molecule has 1 fully saturated rings. The van der Waals surface area contributed by atoms with Gasteiger partial charge in [0.2, 0.25) is 5.91 Å². The molecule has 1 amide bonds. The second kappa shape index (κ2) is 7.81. The Morgan fingerprint density at radius 3 is 2.73 bits per heavy atom. The first-order chi connectivity index (χ1) is 10.6. The van der Waals surface area contributed by atoms with Crippen molar-refractivity contribution in [2.24, 2.45) is 5.41 Å². The van der Waals surface area contributed by atoms with Crippen LogP contribution in [0, 0.1) is 5.41 Å². The summed E-state index contributed by atoms with van der Waals surface area (Å²) in [5.74, 6) is 0.860. The molecule has 0 spiro atoms. The third-order valence-electron chi connectivity index (χ3n) is 3.97. The van der Waals surface area contributed by atoms with Gasteiger partial charge in [-0.3, -0.25) is 4.79 Å². The van der Waals surface area contributed by atoms with Gasteiger partial charge in [0, 0.05) is 25.7 Å². The molecule has 5 nitrogen and oxygen atoms in total. The van der Waals surface area contributed by atoms with E-state index in [1.54, 1.807) is 24.1 Å². The van der Waals surface area contributed by atoms with E-state index in [2.05, 4.69) is 5.32 Å². The van der Waals surface area contributed by atoms with Crippen molar-refractivity contribution in [3.05, 3.63) is 29.3 Å². The van der Waals surface area contributed by atoms with Gasteiger partial charge < -0.3 is 19.7 Å². The Labute approximate surface area is 136 Å². The molecule has 1 aromatic rings. The number of nitrogens with one attached hydrogen (secondary N) is 1. The Morgan fingerprint density at radius 2 is 2.14 bits per heavy atom. The topological polar surface area (TPSA) is 50.8 Å². The summed E-state index contributed by atoms with van der Waals surface area (Å²) in [4.78, 5) is 14.4. The lowest BCUT2D eigenvalue weighted by Gasteiger charge is -2.31. The smallest absolute Gasteiger partial charge is 0.232 e. The largest absolute Gasteiger partial charge is 0.492 e. The van der Waals surface area contributed by atoms with E-state index in [9.17, 15) is 4.79 Å². The number of carbonyl (C=O) groups excluding carboxylic acids is 1. The van der Waals surface area contributed by atoms with Crippen molar-refractivity contribution in [2.75, 3.05) is 47.0 Å². The Hall–Kier alpha value is -1.30. The number of nitrogens with zero attached hydrogens (tertiary/aromatic N) is 1. The zero-order valence-corrected chi connectivity index (χ0v) is 13.9. The molecule has 1 heterocycles. The van der Waals surface area contributed by atoms with Crippen LogP contribution in [0.2, 0.25) is 5.02 Å². The van der Waals surface area contributed by atoms with Gasteiger partial charge in [-0.15, -0.1) is 0 Å². The molecule has 0 aromatic heterocycles. The van der Waals surface area contributed by atoms with Gasteiger partial charge >= 0.3 is 0 Å². The van der Waals surface area contributed by atoms with E-state index < -0.39 is 5.41 Å². The van der Waals surface area contributed by atoms with Gasteiger partial charge in [-0.2, -0.15) is 0 Å². The average molecular weight is 327 g/mol. The molecular formula is C16H23ClN2O3. The quantitative estimate of drug-likeness (QED) is 0.830. The summed E-state index contributed by atoms with van der Waals surface area (Å²) in [6.07, 6.45) is 0.808. The molecule has 1 saturated heterocycles. The van der Waals surface area contributed by atoms with Crippen molar-refractivity contribution in [3.8, 4) is 5.75 Å². The summed E-state index contributed by atoms with van der Waals surface area (Å²) >= 11 is 5.83. The fourth-order valence-corrected chi connectivity index (χ4v) is 2.85. The van der Waals surface area contributed by atoms with Crippen LogP contribution in [0.3, 0.4) is 0 Å². The molecule has 0 bridgehead atoms. The molecule has 0 aliphatic carbocycles. The van der Waals surface area contributed by atoms with Crippen molar-refractivity contribution in [1.29, 1.82) is 0 Å². The normalized spacial score (nSPS) is 20.9. The van der Waals surface area contributed by atoms with Crippen molar-refractivity contribution < 1.29 is 14.3 Å². The Balaban J connectivity index is 1.84. The highest BCUT2D eigenvalue weighted by Gasteiger charge is 2.42. The highest BCUT2D eigenvalue weighted by Crippen LogP contribution is 2.28. The molecular weight excluding hydrogens is 304 g/mol. The molecule has 6 heteroatoms. The van der Waals surface area contributed by atoms with Gasteiger partial charge in [-0.1, -0.05) is 11.6 Å². The maximum Gasteiger partial charge on any atom is 0.232 e. The standard InChI is InChI=1S/C16H23ClN2O3/c1-19(9-10-22-14-5-3-13(17)4-6-14)15(20)16(12-21-2)7-8-18-11-16/h3-6,18H,7-12H2,1-2H3. The lowest BCUT2D eigenvalue weighted by molar-refractivity contribution is -0.143. The first-order valence-corrected chi connectivity index (χ1v) is 7.79. The van der Waals surface area contributed by atoms with Crippen molar-refractivity contribution in [3.63, 3.8) is 0 Å². The number of likely N-dealkylation sites (N-methyl/N-ethyl adjacent to an activating group) is 1. The number of rotatable bonds is 7. The molecule has 0 saturated carbocycles. The SMILES string of the molecule is COCC1(C(=O)N(C)CCOc2ccc(Cl)cc2)CCNC1. The summed E-state index contributed by atoms with van der Waals surface area (Å²) in [7, 11) is 3.44. The zero-order chi connectivity index (χ0) is 16.0. The predicted molar refractivity (Wildman–Crippen MR) is 86.4 cm³/mol. The number of halogens is 1. The minimum Gasteiger partial charge on any atom is -0.492 e. The summed E-state index contributed by atoms with van der Waals surface area (Å²) in [6, 6.07) is 7.20. The number of hydrogen-bond donors (Lipinski definition) is 1. The second-order valence-electron chi connectivity index (χ2n) is 5.67. The highest BCUT2D eigenvalue weighted by atomic mass is 35.5. The molecule has 22 heavy (non-hydrogen) atoms. The van der Waals surface area contributed by atoms with Crippen LogP contribution < -0.4 is 10.1 Å². The molecule has 1 unspecified atom stereocenters. The molecule has 1 aliphatic rings. The summed E-state index contributed by atoms with van der Waals surface area (Å²) < 4.78 is 10.9. The minimum absolute atomic E-state index is 0.110. The Kier molecular flexibility index (Phi) is 6.06. The van der Waals surface area contributed by atoms with Crippen LogP contribution in [0.15, 0.2) is 24.3 Å². The van der Waals surface area contributed by atoms with E-state index in [4.69, 9.17) is 21.1 Å². The third kappa shape index (κ3) is 4.12. The van der Waals surface area contributed by atoms with Crippen LogP contribution in [-0.4, -0.2) is 57.8 Å². The van der Waals surface area contributed by atoms with Crippen LogP contribution in [0.5, 0.6) is 5.75 Å². The monoisotopic (exact) mass is 326 g/mol. The highest BCUT2D eigenvalue weighted by molar-refractivity contribution is 6.30. The van der Waals surface area contributed by atoms with E-state index in [0.717, 1.165) is 18.7 Å². The third-order valence-corrected chi connectivity index (χ3v) is 4.23. The van der Waals surface area contributed by atoms with E-state index in [-0.39, 0.29) is 5.91 Å². The van der Waals surface area contributed by atoms with E-state index in [0.29, 0.717) is 31.3 Å². The first kappa shape index (κ1) is 17.1. The first-order valence-electron chi connectivity index (χ1n) is 7.41. The van der Waals surface area contributed by atoms with Crippen LogP contribution in [-0.2, 0) is 9.53 Å². The van der Waals surface area contributed by atoms with Crippen LogP contribution >= 0.6 is 11.6 Å². The molecule has 0 radical (unpaired) electrons. The van der Waals surface area contributed by atoms with Crippen LogP contribution in [0.4, 0.5) is 0 Å². The van der Waals surface area contributed by atoms with Gasteiger partial charge in [-0.25, -0.2) is 0 Å². The van der Waals surface area contributed by atoms with E-state index in [1.165, 1.54) is 0 Å². The number of hydrogen-bond acceptors (Lipinski definition) is 4. The summed E-state index contributed by atoms with van der Waals surface area (Å²) in [5.41, 5.74) is -0.441. The predicted octanol–water partition coefficient (Wildman–Crippen LogP) is 1.80. The molecule has 1 aromatic carbocycles. The Morgan fingerprint density at radius 1 is 1.41 bits per heavy atom. The zero-order valence-electron chi connectivity index (χ0n) is 13.1.